The van der Waals surface area contributed by atoms with Gasteiger partial charge in [0.2, 0.25) is 17.8 Å². The first kappa shape index (κ1) is 26.1. The molecule has 0 amide bonds. The lowest BCUT2D eigenvalue weighted by atomic mass is 10.2. The number of halogens is 1. The fourth-order valence-corrected chi connectivity index (χ4v) is 4.88. The SMILES string of the molecule is O=[N+]([O-])c1cc(/C=N\Nc2nc(N3CCOCC3)nc(N3CCOCC3)n2)ccc1Sc1ccc(Cl)cc1. The van der Waals surface area contributed by atoms with Crippen molar-refractivity contribution in [2.75, 3.05) is 67.8 Å². The second kappa shape index (κ2) is 12.3. The Morgan fingerprint density at radius 1 is 0.947 bits per heavy atom. The largest absolute Gasteiger partial charge is 0.378 e. The highest BCUT2D eigenvalue weighted by molar-refractivity contribution is 7.99. The molecule has 5 rings (SSSR count). The molecule has 0 spiro atoms. The quantitative estimate of drug-likeness (QED) is 0.247. The molecular formula is C24H25ClN8O4S. The van der Waals surface area contributed by atoms with Crippen LogP contribution in [0.25, 0.3) is 0 Å². The fourth-order valence-electron chi connectivity index (χ4n) is 3.85. The predicted octanol–water partition coefficient (Wildman–Crippen LogP) is 3.70. The average Bonchev–Trinajstić information content (AvgIpc) is 2.95. The number of ether oxygens (including phenoxy) is 2. The summed E-state index contributed by atoms with van der Waals surface area (Å²) >= 11 is 7.24. The number of aromatic nitrogens is 3. The minimum atomic E-state index is -0.405. The molecule has 1 N–H and O–H groups in total. The number of morpholine rings is 2. The van der Waals surface area contributed by atoms with E-state index in [0.29, 0.717) is 80.0 Å². The van der Waals surface area contributed by atoms with Crippen molar-refractivity contribution in [1.29, 1.82) is 0 Å². The number of rotatable bonds is 8. The van der Waals surface area contributed by atoms with E-state index in [2.05, 4.69) is 25.5 Å². The van der Waals surface area contributed by atoms with Crippen molar-refractivity contribution in [2.24, 2.45) is 5.10 Å². The van der Waals surface area contributed by atoms with Gasteiger partial charge in [-0.15, -0.1) is 0 Å². The molecule has 2 aliphatic rings. The molecule has 2 fully saturated rings. The van der Waals surface area contributed by atoms with Crippen molar-refractivity contribution in [3.05, 3.63) is 63.2 Å². The highest BCUT2D eigenvalue weighted by Gasteiger charge is 2.21. The lowest BCUT2D eigenvalue weighted by Gasteiger charge is -2.30. The molecule has 0 bridgehead atoms. The number of hydrogen-bond donors (Lipinski definition) is 1. The lowest BCUT2D eigenvalue weighted by molar-refractivity contribution is -0.387. The van der Waals surface area contributed by atoms with Gasteiger partial charge in [-0.1, -0.05) is 29.4 Å². The van der Waals surface area contributed by atoms with Gasteiger partial charge in [-0.3, -0.25) is 10.1 Å². The van der Waals surface area contributed by atoms with Crippen molar-refractivity contribution in [2.45, 2.75) is 9.79 Å². The van der Waals surface area contributed by atoms with Gasteiger partial charge in [0.25, 0.3) is 5.69 Å². The number of nitro benzene ring substituents is 1. The van der Waals surface area contributed by atoms with E-state index in [4.69, 9.17) is 21.1 Å². The molecule has 14 heteroatoms. The van der Waals surface area contributed by atoms with Crippen molar-refractivity contribution in [3.8, 4) is 0 Å². The molecule has 0 unspecified atom stereocenters. The van der Waals surface area contributed by atoms with Gasteiger partial charge in [0, 0.05) is 47.7 Å². The van der Waals surface area contributed by atoms with Gasteiger partial charge in [0.15, 0.2) is 0 Å². The van der Waals surface area contributed by atoms with Crippen molar-refractivity contribution in [3.63, 3.8) is 0 Å². The standard InChI is InChI=1S/C24H25ClN8O4S/c25-18-2-4-19(5-3-18)38-21-6-1-17(15-20(21)33(34)35)16-26-30-22-27-23(31-7-11-36-12-8-31)29-24(28-22)32-9-13-37-14-10-32/h1-6,15-16H,7-14H2,(H,27,28,29,30)/b26-16-. The maximum absolute atomic E-state index is 11.7. The number of nitrogens with one attached hydrogen (secondary N) is 1. The lowest BCUT2D eigenvalue weighted by Crippen LogP contribution is -2.40. The second-order valence-corrected chi connectivity index (χ2v) is 9.92. The maximum atomic E-state index is 11.7. The molecule has 2 saturated heterocycles. The third kappa shape index (κ3) is 6.67. The van der Waals surface area contributed by atoms with Crippen LogP contribution in [0.4, 0.5) is 23.5 Å². The van der Waals surface area contributed by atoms with Crippen LogP contribution < -0.4 is 15.2 Å². The highest BCUT2D eigenvalue weighted by atomic mass is 35.5. The van der Waals surface area contributed by atoms with E-state index in [1.54, 1.807) is 24.3 Å². The number of hydrogen-bond acceptors (Lipinski definition) is 12. The minimum Gasteiger partial charge on any atom is -0.378 e. The van der Waals surface area contributed by atoms with Crippen LogP contribution in [0, 0.1) is 10.1 Å². The van der Waals surface area contributed by atoms with Crippen LogP contribution in [0.15, 0.2) is 57.4 Å². The predicted molar refractivity (Wildman–Crippen MR) is 146 cm³/mol. The molecule has 0 saturated carbocycles. The van der Waals surface area contributed by atoms with E-state index < -0.39 is 4.92 Å². The molecule has 198 valence electrons. The van der Waals surface area contributed by atoms with Gasteiger partial charge in [0.1, 0.15) is 0 Å². The summed E-state index contributed by atoms with van der Waals surface area (Å²) in [7, 11) is 0. The molecular weight excluding hydrogens is 532 g/mol. The summed E-state index contributed by atoms with van der Waals surface area (Å²) in [6, 6.07) is 12.1. The zero-order chi connectivity index (χ0) is 26.3. The molecule has 12 nitrogen and oxygen atoms in total. The Hall–Kier alpha value is -3.52. The summed E-state index contributed by atoms with van der Waals surface area (Å²) in [6.45, 7) is 5.13. The number of nitrogens with zero attached hydrogens (tertiary/aromatic N) is 7. The monoisotopic (exact) mass is 556 g/mol. The first-order valence-corrected chi connectivity index (χ1v) is 13.2. The minimum absolute atomic E-state index is 0.0155. The Morgan fingerprint density at radius 2 is 1.55 bits per heavy atom. The topological polar surface area (TPSA) is 131 Å². The van der Waals surface area contributed by atoms with Crippen LogP contribution in [-0.4, -0.2) is 78.7 Å². The Bertz CT molecular complexity index is 1260. The number of hydrazone groups is 1. The van der Waals surface area contributed by atoms with Gasteiger partial charge in [0.05, 0.1) is 42.5 Å². The molecule has 2 aromatic carbocycles. The van der Waals surface area contributed by atoms with Gasteiger partial charge in [-0.05, 0) is 30.3 Å². The number of nitro groups is 1. The fraction of sp³-hybridized carbons (Fsp3) is 0.333. The van der Waals surface area contributed by atoms with E-state index in [0.717, 1.165) is 4.90 Å². The van der Waals surface area contributed by atoms with Gasteiger partial charge in [-0.2, -0.15) is 20.1 Å². The van der Waals surface area contributed by atoms with Gasteiger partial charge in [-0.25, -0.2) is 5.43 Å². The summed E-state index contributed by atoms with van der Waals surface area (Å²) < 4.78 is 10.9. The zero-order valence-corrected chi connectivity index (χ0v) is 21.9. The first-order chi connectivity index (χ1) is 18.5. The average molecular weight is 557 g/mol. The summed E-state index contributed by atoms with van der Waals surface area (Å²) in [4.78, 5) is 30.6. The van der Waals surface area contributed by atoms with Crippen LogP contribution in [-0.2, 0) is 9.47 Å². The number of anilines is 3. The zero-order valence-electron chi connectivity index (χ0n) is 20.3. The molecule has 1 aromatic heterocycles. The van der Waals surface area contributed by atoms with E-state index in [-0.39, 0.29) is 11.6 Å². The first-order valence-electron chi connectivity index (χ1n) is 12.0. The Balaban J connectivity index is 1.34. The van der Waals surface area contributed by atoms with Crippen LogP contribution in [0.1, 0.15) is 5.56 Å². The summed E-state index contributed by atoms with van der Waals surface area (Å²) in [5.74, 6) is 1.37. The smallest absolute Gasteiger partial charge is 0.283 e. The highest BCUT2D eigenvalue weighted by Crippen LogP contribution is 2.35. The van der Waals surface area contributed by atoms with Crippen molar-refractivity contribution >= 4 is 53.1 Å². The summed E-state index contributed by atoms with van der Waals surface area (Å²) in [5, 5.41) is 16.6. The normalized spacial score (nSPS) is 16.1. The van der Waals surface area contributed by atoms with Gasteiger partial charge >= 0.3 is 0 Å². The summed E-state index contributed by atoms with van der Waals surface area (Å²) in [5.41, 5.74) is 3.40. The molecule has 3 aromatic rings. The van der Waals surface area contributed by atoms with Crippen molar-refractivity contribution < 1.29 is 14.4 Å². The second-order valence-electron chi connectivity index (χ2n) is 8.37. The molecule has 0 radical (unpaired) electrons. The third-order valence-corrected chi connectivity index (χ3v) is 7.12. The molecule has 3 heterocycles. The summed E-state index contributed by atoms with van der Waals surface area (Å²) in [6.07, 6.45) is 1.50. The van der Waals surface area contributed by atoms with E-state index in [1.807, 2.05) is 21.9 Å². The van der Waals surface area contributed by atoms with E-state index in [9.17, 15) is 10.1 Å². The van der Waals surface area contributed by atoms with Crippen LogP contribution in [0.2, 0.25) is 5.02 Å². The van der Waals surface area contributed by atoms with Gasteiger partial charge < -0.3 is 19.3 Å². The van der Waals surface area contributed by atoms with Crippen molar-refractivity contribution in [1.82, 2.24) is 15.0 Å². The number of benzene rings is 2. The molecule has 0 aliphatic carbocycles. The van der Waals surface area contributed by atoms with Crippen LogP contribution in [0.5, 0.6) is 0 Å². The maximum Gasteiger partial charge on any atom is 0.283 e. The Kier molecular flexibility index (Phi) is 8.48. The van der Waals surface area contributed by atoms with E-state index >= 15 is 0 Å². The molecule has 2 aliphatic heterocycles. The Labute approximate surface area is 228 Å². The third-order valence-electron chi connectivity index (χ3n) is 5.80. The molecule has 38 heavy (non-hydrogen) atoms. The van der Waals surface area contributed by atoms with E-state index in [1.165, 1.54) is 24.0 Å². The Morgan fingerprint density at radius 3 is 2.13 bits per heavy atom. The molecule has 0 atom stereocenters. The van der Waals surface area contributed by atoms with Crippen LogP contribution in [0.3, 0.4) is 0 Å². The van der Waals surface area contributed by atoms with Crippen LogP contribution >= 0.6 is 23.4 Å².